The highest BCUT2D eigenvalue weighted by Crippen LogP contribution is 2.25. The largest absolute Gasteiger partial charge is 0.377 e. The van der Waals surface area contributed by atoms with E-state index in [2.05, 4.69) is 4.72 Å². The Morgan fingerprint density at radius 3 is 2.81 bits per heavy atom. The van der Waals surface area contributed by atoms with Crippen LogP contribution in [0.3, 0.4) is 0 Å². The summed E-state index contributed by atoms with van der Waals surface area (Å²) in [6, 6.07) is 4.60. The molecule has 0 aliphatic carbocycles. The molecule has 3 rings (SSSR count). The van der Waals surface area contributed by atoms with E-state index in [1.807, 2.05) is 11.8 Å². The summed E-state index contributed by atoms with van der Waals surface area (Å²) in [6.07, 6.45) is 4.71. The van der Waals surface area contributed by atoms with Crippen LogP contribution < -0.4 is 4.72 Å². The van der Waals surface area contributed by atoms with Gasteiger partial charge >= 0.3 is 0 Å². The molecule has 1 N–H and O–H groups in total. The summed E-state index contributed by atoms with van der Waals surface area (Å²) in [4.78, 5) is 14.6. The van der Waals surface area contributed by atoms with E-state index in [1.165, 1.54) is 12.1 Å². The Bertz CT molecular complexity index is 762. The summed E-state index contributed by atoms with van der Waals surface area (Å²) >= 11 is 6.12. The van der Waals surface area contributed by atoms with Gasteiger partial charge in [-0.1, -0.05) is 11.6 Å². The van der Waals surface area contributed by atoms with Crippen molar-refractivity contribution in [1.82, 2.24) is 9.62 Å². The van der Waals surface area contributed by atoms with Crippen molar-refractivity contribution in [2.45, 2.75) is 56.1 Å². The first kappa shape index (κ1) is 19.6. The van der Waals surface area contributed by atoms with Crippen LogP contribution in [0.25, 0.3) is 0 Å². The average Bonchev–Trinajstić information content (AvgIpc) is 3.14. The number of likely N-dealkylation sites (tertiary alicyclic amines) is 1. The number of halogens is 1. The second-order valence-electron chi connectivity index (χ2n) is 6.98. The van der Waals surface area contributed by atoms with Gasteiger partial charge in [-0.15, -0.1) is 0 Å². The molecule has 8 heteroatoms. The first-order valence-electron chi connectivity index (χ1n) is 9.10. The SMILES string of the molecule is C[C@@H]1CCCCN1C(=O)c1ccc(Cl)c(S(=O)(=O)NC[C@H]2CCCO2)c1. The Morgan fingerprint density at radius 2 is 2.12 bits per heavy atom. The number of benzene rings is 1. The number of ether oxygens (including phenoxy) is 1. The van der Waals surface area contributed by atoms with Crippen LogP contribution in [0.1, 0.15) is 49.4 Å². The Balaban J connectivity index is 1.79. The maximum Gasteiger partial charge on any atom is 0.254 e. The number of nitrogens with one attached hydrogen (secondary N) is 1. The average molecular weight is 401 g/mol. The number of carbonyl (C=O) groups excluding carboxylic acids is 1. The summed E-state index contributed by atoms with van der Waals surface area (Å²) < 4.78 is 33.3. The van der Waals surface area contributed by atoms with Gasteiger partial charge in [-0.3, -0.25) is 4.79 Å². The van der Waals surface area contributed by atoms with Crippen molar-refractivity contribution >= 4 is 27.5 Å². The van der Waals surface area contributed by atoms with E-state index in [9.17, 15) is 13.2 Å². The van der Waals surface area contributed by atoms with E-state index in [-0.39, 0.29) is 34.5 Å². The molecule has 2 heterocycles. The van der Waals surface area contributed by atoms with Gasteiger partial charge in [0.1, 0.15) is 4.90 Å². The van der Waals surface area contributed by atoms with Crippen molar-refractivity contribution in [3.8, 4) is 0 Å². The molecule has 0 unspecified atom stereocenters. The lowest BCUT2D eigenvalue weighted by molar-refractivity contribution is 0.0635. The minimum atomic E-state index is -3.81. The topological polar surface area (TPSA) is 75.7 Å². The normalized spacial score (nSPS) is 24.0. The van der Waals surface area contributed by atoms with Gasteiger partial charge in [0.2, 0.25) is 10.0 Å². The van der Waals surface area contributed by atoms with Gasteiger partial charge in [0.15, 0.2) is 0 Å². The summed E-state index contributed by atoms with van der Waals surface area (Å²) in [5.74, 6) is -0.149. The summed E-state index contributed by atoms with van der Waals surface area (Å²) in [5.41, 5.74) is 0.348. The Kier molecular flexibility index (Phi) is 6.22. The number of carbonyl (C=O) groups is 1. The monoisotopic (exact) mass is 400 g/mol. The fourth-order valence-corrected chi connectivity index (χ4v) is 5.08. The van der Waals surface area contributed by atoms with Crippen molar-refractivity contribution in [3.05, 3.63) is 28.8 Å². The molecule has 2 aliphatic heterocycles. The fraction of sp³-hybridized carbons (Fsp3) is 0.611. The van der Waals surface area contributed by atoms with Crippen LogP contribution >= 0.6 is 11.6 Å². The quantitative estimate of drug-likeness (QED) is 0.824. The second kappa shape index (κ2) is 8.25. The zero-order valence-electron chi connectivity index (χ0n) is 14.9. The lowest BCUT2D eigenvalue weighted by Gasteiger charge is -2.33. The van der Waals surface area contributed by atoms with E-state index in [4.69, 9.17) is 16.3 Å². The van der Waals surface area contributed by atoms with Crippen LogP contribution in [0.4, 0.5) is 0 Å². The Labute approximate surface area is 159 Å². The molecule has 2 atom stereocenters. The van der Waals surface area contributed by atoms with Crippen LogP contribution in [0, 0.1) is 0 Å². The lowest BCUT2D eigenvalue weighted by Crippen LogP contribution is -2.42. The third-order valence-corrected chi connectivity index (χ3v) is 6.96. The summed E-state index contributed by atoms with van der Waals surface area (Å²) in [7, 11) is -3.81. The maximum absolute atomic E-state index is 12.8. The van der Waals surface area contributed by atoms with Crippen molar-refractivity contribution in [1.29, 1.82) is 0 Å². The molecule has 1 aromatic rings. The summed E-state index contributed by atoms with van der Waals surface area (Å²) in [5, 5.41) is 0.105. The van der Waals surface area contributed by atoms with Gasteiger partial charge in [-0.2, -0.15) is 0 Å². The molecule has 2 fully saturated rings. The highest BCUT2D eigenvalue weighted by atomic mass is 35.5. The van der Waals surface area contributed by atoms with Crippen molar-refractivity contribution in [3.63, 3.8) is 0 Å². The van der Waals surface area contributed by atoms with Crippen LogP contribution in [-0.4, -0.2) is 51.1 Å². The van der Waals surface area contributed by atoms with Gasteiger partial charge in [0.05, 0.1) is 11.1 Å². The third kappa shape index (κ3) is 4.39. The highest BCUT2D eigenvalue weighted by Gasteiger charge is 2.27. The molecular weight excluding hydrogens is 376 g/mol. The van der Waals surface area contributed by atoms with E-state index in [0.717, 1.165) is 32.1 Å². The van der Waals surface area contributed by atoms with Gasteiger partial charge in [0.25, 0.3) is 5.91 Å². The zero-order chi connectivity index (χ0) is 18.7. The molecule has 0 bridgehead atoms. The first-order chi connectivity index (χ1) is 12.4. The van der Waals surface area contributed by atoms with Gasteiger partial charge < -0.3 is 9.64 Å². The highest BCUT2D eigenvalue weighted by molar-refractivity contribution is 7.89. The fourth-order valence-electron chi connectivity index (χ4n) is 3.49. The molecule has 26 heavy (non-hydrogen) atoms. The van der Waals surface area contributed by atoms with Gasteiger partial charge in [0, 0.05) is 31.3 Å². The number of nitrogens with zero attached hydrogens (tertiary/aromatic N) is 1. The predicted molar refractivity (Wildman–Crippen MR) is 100.0 cm³/mol. The number of rotatable bonds is 5. The minimum Gasteiger partial charge on any atom is -0.377 e. The van der Waals surface area contributed by atoms with E-state index in [0.29, 0.717) is 18.7 Å². The molecule has 0 radical (unpaired) electrons. The molecule has 0 aromatic heterocycles. The van der Waals surface area contributed by atoms with Crippen LogP contribution in [0.15, 0.2) is 23.1 Å². The molecule has 2 aliphatic rings. The molecule has 1 aromatic carbocycles. The van der Waals surface area contributed by atoms with E-state index >= 15 is 0 Å². The molecular formula is C18H25ClN2O4S. The second-order valence-corrected chi connectivity index (χ2v) is 9.12. The number of sulfonamides is 1. The van der Waals surface area contributed by atoms with Gasteiger partial charge in [-0.25, -0.2) is 13.1 Å². The Morgan fingerprint density at radius 1 is 1.31 bits per heavy atom. The standard InChI is InChI=1S/C18H25ClN2O4S/c1-13-5-2-3-9-21(13)18(22)14-7-8-16(19)17(11-14)26(23,24)20-12-15-6-4-10-25-15/h7-8,11,13,15,20H,2-6,9-10,12H2,1H3/t13-,15-/m1/s1. The molecule has 1 amide bonds. The molecule has 0 saturated carbocycles. The predicted octanol–water partition coefficient (Wildman–Crippen LogP) is 2.81. The summed E-state index contributed by atoms with van der Waals surface area (Å²) in [6.45, 7) is 3.58. The molecule has 2 saturated heterocycles. The van der Waals surface area contributed by atoms with Crippen LogP contribution in [0.2, 0.25) is 5.02 Å². The number of hydrogen-bond acceptors (Lipinski definition) is 4. The maximum atomic E-state index is 12.8. The number of amides is 1. The molecule has 6 nitrogen and oxygen atoms in total. The zero-order valence-corrected chi connectivity index (χ0v) is 16.5. The molecule has 144 valence electrons. The first-order valence-corrected chi connectivity index (χ1v) is 11.0. The van der Waals surface area contributed by atoms with Crippen molar-refractivity contribution in [2.24, 2.45) is 0 Å². The number of piperidine rings is 1. The van der Waals surface area contributed by atoms with E-state index < -0.39 is 10.0 Å². The van der Waals surface area contributed by atoms with Crippen LogP contribution in [-0.2, 0) is 14.8 Å². The van der Waals surface area contributed by atoms with Crippen molar-refractivity contribution in [2.75, 3.05) is 19.7 Å². The lowest BCUT2D eigenvalue weighted by atomic mass is 10.0. The third-order valence-electron chi connectivity index (χ3n) is 5.06. The minimum absolute atomic E-state index is 0.0623. The smallest absolute Gasteiger partial charge is 0.254 e. The van der Waals surface area contributed by atoms with Crippen molar-refractivity contribution < 1.29 is 17.9 Å². The Hall–Kier alpha value is -1.15. The number of hydrogen-bond donors (Lipinski definition) is 1. The van der Waals surface area contributed by atoms with Crippen LogP contribution in [0.5, 0.6) is 0 Å². The van der Waals surface area contributed by atoms with E-state index in [1.54, 1.807) is 6.07 Å². The van der Waals surface area contributed by atoms with Gasteiger partial charge in [-0.05, 0) is 57.2 Å². The molecule has 0 spiro atoms.